The molecule has 0 bridgehead atoms. The predicted molar refractivity (Wildman–Crippen MR) is 73.4 cm³/mol. The van der Waals surface area contributed by atoms with Gasteiger partial charge in [0.15, 0.2) is 0 Å². The van der Waals surface area contributed by atoms with Crippen molar-refractivity contribution >= 4 is 17.8 Å². The Morgan fingerprint density at radius 2 is 2.12 bits per heavy atom. The number of carbonyl (C=O) groups is 1. The van der Waals surface area contributed by atoms with Gasteiger partial charge in [-0.1, -0.05) is 13.3 Å². The van der Waals surface area contributed by atoms with Crippen LogP contribution in [0.3, 0.4) is 0 Å². The summed E-state index contributed by atoms with van der Waals surface area (Å²) in [6, 6.07) is 0.567. The van der Waals surface area contributed by atoms with Crippen LogP contribution in [0.25, 0.3) is 0 Å². The molecule has 3 nitrogen and oxygen atoms in total. The number of rotatable bonds is 2. The summed E-state index contributed by atoms with van der Waals surface area (Å²) in [5, 5.41) is 3.86. The molecule has 0 aromatic rings. The van der Waals surface area contributed by atoms with Gasteiger partial charge in [0.05, 0.1) is 0 Å². The maximum absolute atomic E-state index is 12.2. The van der Waals surface area contributed by atoms with Crippen molar-refractivity contribution in [3.05, 3.63) is 0 Å². The zero-order valence-electron chi connectivity index (χ0n) is 10.9. The molecule has 3 unspecified atom stereocenters. The van der Waals surface area contributed by atoms with Gasteiger partial charge in [-0.3, -0.25) is 0 Å². The molecule has 1 saturated heterocycles. The van der Waals surface area contributed by atoms with E-state index in [2.05, 4.69) is 18.5 Å². The summed E-state index contributed by atoms with van der Waals surface area (Å²) in [6.45, 7) is 4.11. The molecule has 0 spiro atoms. The van der Waals surface area contributed by atoms with E-state index in [1.54, 1.807) is 0 Å². The fourth-order valence-electron chi connectivity index (χ4n) is 3.00. The summed E-state index contributed by atoms with van der Waals surface area (Å²) in [4.78, 5) is 14.2. The van der Waals surface area contributed by atoms with Gasteiger partial charge in [0.25, 0.3) is 0 Å². The van der Waals surface area contributed by atoms with Crippen molar-refractivity contribution in [2.45, 2.75) is 50.3 Å². The second-order valence-electron chi connectivity index (χ2n) is 5.45. The minimum atomic E-state index is 0.169. The van der Waals surface area contributed by atoms with Gasteiger partial charge < -0.3 is 10.2 Å². The smallest absolute Gasteiger partial charge is 0.317 e. The van der Waals surface area contributed by atoms with Crippen molar-refractivity contribution in [3.8, 4) is 0 Å². The van der Waals surface area contributed by atoms with Crippen molar-refractivity contribution in [2.24, 2.45) is 5.92 Å². The highest BCUT2D eigenvalue weighted by Crippen LogP contribution is 2.28. The lowest BCUT2D eigenvalue weighted by Crippen LogP contribution is -2.49. The van der Waals surface area contributed by atoms with E-state index in [9.17, 15) is 4.79 Å². The van der Waals surface area contributed by atoms with Gasteiger partial charge in [-0.15, -0.1) is 0 Å². The number of nitrogens with zero attached hydrogens (tertiary/aromatic N) is 1. The zero-order valence-corrected chi connectivity index (χ0v) is 11.8. The van der Waals surface area contributed by atoms with Crippen LogP contribution in [-0.4, -0.2) is 41.6 Å². The first kappa shape index (κ1) is 13.1. The number of hydrogen-bond donors (Lipinski definition) is 1. The standard InChI is InChI=1S/C13H24N2OS/c1-10-5-4-8-15(9-10)13(16)14-11-6-3-7-12(11)17-2/h10-12H,3-9H2,1-2H3,(H,14,16). The maximum atomic E-state index is 12.2. The van der Waals surface area contributed by atoms with Crippen LogP contribution in [-0.2, 0) is 0 Å². The molecule has 1 N–H and O–H groups in total. The molecule has 1 heterocycles. The molecule has 0 aromatic heterocycles. The molecule has 17 heavy (non-hydrogen) atoms. The molecule has 1 aliphatic carbocycles. The number of urea groups is 1. The molecule has 1 saturated carbocycles. The number of piperidine rings is 1. The molecule has 3 atom stereocenters. The van der Waals surface area contributed by atoms with E-state index >= 15 is 0 Å². The molecule has 2 fully saturated rings. The molecule has 98 valence electrons. The first-order valence-electron chi connectivity index (χ1n) is 6.79. The molecule has 0 aromatic carbocycles. The molecule has 4 heteroatoms. The Morgan fingerprint density at radius 3 is 2.82 bits per heavy atom. The van der Waals surface area contributed by atoms with Crippen LogP contribution in [0, 0.1) is 5.92 Å². The Kier molecular flexibility index (Phi) is 4.60. The first-order chi connectivity index (χ1) is 8.20. The highest BCUT2D eigenvalue weighted by molar-refractivity contribution is 7.99. The fraction of sp³-hybridized carbons (Fsp3) is 0.923. The highest BCUT2D eigenvalue weighted by atomic mass is 32.2. The van der Waals surface area contributed by atoms with E-state index in [4.69, 9.17) is 0 Å². The van der Waals surface area contributed by atoms with Crippen molar-refractivity contribution in [2.75, 3.05) is 19.3 Å². The number of likely N-dealkylation sites (tertiary alicyclic amines) is 1. The fourth-order valence-corrected chi connectivity index (χ4v) is 3.93. The highest BCUT2D eigenvalue weighted by Gasteiger charge is 2.30. The molecular weight excluding hydrogens is 232 g/mol. The number of carbonyl (C=O) groups excluding carboxylic acids is 1. The van der Waals surface area contributed by atoms with Crippen LogP contribution < -0.4 is 5.32 Å². The molecule has 2 amide bonds. The largest absolute Gasteiger partial charge is 0.334 e. The van der Waals surface area contributed by atoms with E-state index in [1.807, 2.05) is 16.7 Å². The number of hydrogen-bond acceptors (Lipinski definition) is 2. The van der Waals surface area contributed by atoms with E-state index in [0.717, 1.165) is 25.9 Å². The van der Waals surface area contributed by atoms with E-state index in [1.165, 1.54) is 19.3 Å². The van der Waals surface area contributed by atoms with Crippen LogP contribution >= 0.6 is 11.8 Å². The third-order valence-electron chi connectivity index (χ3n) is 4.01. The molecule has 1 aliphatic heterocycles. The second kappa shape index (κ2) is 5.98. The molecule has 0 radical (unpaired) electrons. The Labute approximate surface area is 109 Å². The topological polar surface area (TPSA) is 32.3 Å². The monoisotopic (exact) mass is 256 g/mol. The predicted octanol–water partition coefficient (Wildman–Crippen LogP) is 2.71. The lowest BCUT2D eigenvalue weighted by Gasteiger charge is -2.32. The minimum Gasteiger partial charge on any atom is -0.334 e. The SMILES string of the molecule is CSC1CCCC1NC(=O)N1CCCC(C)C1. The third kappa shape index (κ3) is 3.30. The zero-order chi connectivity index (χ0) is 12.3. The van der Waals surface area contributed by atoms with Gasteiger partial charge in [-0.2, -0.15) is 11.8 Å². The number of thioether (sulfide) groups is 1. The second-order valence-corrected chi connectivity index (χ2v) is 6.53. The normalized spacial score (nSPS) is 33.8. The third-order valence-corrected chi connectivity index (χ3v) is 5.18. The van der Waals surface area contributed by atoms with Crippen LogP contribution in [0.4, 0.5) is 4.79 Å². The van der Waals surface area contributed by atoms with Crippen molar-refractivity contribution in [1.29, 1.82) is 0 Å². The van der Waals surface area contributed by atoms with Gasteiger partial charge in [-0.25, -0.2) is 4.79 Å². The van der Waals surface area contributed by atoms with Gasteiger partial charge in [0, 0.05) is 24.4 Å². The minimum absolute atomic E-state index is 0.169. The Morgan fingerprint density at radius 1 is 1.29 bits per heavy atom. The maximum Gasteiger partial charge on any atom is 0.317 e. The van der Waals surface area contributed by atoms with E-state index < -0.39 is 0 Å². The summed E-state index contributed by atoms with van der Waals surface area (Å²) in [5.74, 6) is 0.662. The van der Waals surface area contributed by atoms with Crippen LogP contribution in [0.1, 0.15) is 39.0 Å². The lowest BCUT2D eigenvalue weighted by molar-refractivity contribution is 0.166. The lowest BCUT2D eigenvalue weighted by atomic mass is 10.0. The Hall–Kier alpha value is -0.380. The Bertz CT molecular complexity index is 272. The average Bonchev–Trinajstić information content (AvgIpc) is 2.76. The average molecular weight is 256 g/mol. The number of amides is 2. The molecule has 2 aliphatic rings. The summed E-state index contributed by atoms with van der Waals surface area (Å²) in [7, 11) is 0. The molecule has 2 rings (SSSR count). The summed E-state index contributed by atoms with van der Waals surface area (Å²) >= 11 is 1.90. The van der Waals surface area contributed by atoms with Gasteiger partial charge in [0.1, 0.15) is 0 Å². The molecular formula is C13H24N2OS. The first-order valence-corrected chi connectivity index (χ1v) is 8.07. The van der Waals surface area contributed by atoms with Crippen molar-refractivity contribution in [3.63, 3.8) is 0 Å². The Balaban J connectivity index is 1.83. The summed E-state index contributed by atoms with van der Waals surface area (Å²) < 4.78 is 0. The number of nitrogens with one attached hydrogen (secondary N) is 1. The van der Waals surface area contributed by atoms with E-state index in [-0.39, 0.29) is 6.03 Å². The van der Waals surface area contributed by atoms with Gasteiger partial charge in [0.2, 0.25) is 0 Å². The van der Waals surface area contributed by atoms with Gasteiger partial charge in [-0.05, 0) is 37.9 Å². The van der Waals surface area contributed by atoms with Gasteiger partial charge >= 0.3 is 6.03 Å². The van der Waals surface area contributed by atoms with Crippen molar-refractivity contribution < 1.29 is 4.79 Å². The van der Waals surface area contributed by atoms with Crippen LogP contribution in [0.15, 0.2) is 0 Å². The quantitative estimate of drug-likeness (QED) is 0.824. The van der Waals surface area contributed by atoms with E-state index in [0.29, 0.717) is 17.2 Å². The van der Waals surface area contributed by atoms with Crippen molar-refractivity contribution in [1.82, 2.24) is 10.2 Å². The summed E-state index contributed by atoms with van der Waals surface area (Å²) in [5.41, 5.74) is 0. The summed E-state index contributed by atoms with van der Waals surface area (Å²) in [6.07, 6.45) is 8.24. The van der Waals surface area contributed by atoms with Crippen LogP contribution in [0.5, 0.6) is 0 Å². The van der Waals surface area contributed by atoms with Crippen LogP contribution in [0.2, 0.25) is 0 Å².